The molecule has 144 valence electrons. The number of hydrogen-bond acceptors (Lipinski definition) is 0. The number of benzene rings is 2. The third-order valence-corrected chi connectivity index (χ3v) is 5.74. The van der Waals surface area contributed by atoms with E-state index in [9.17, 15) is 0 Å². The third kappa shape index (κ3) is 6.76. The van der Waals surface area contributed by atoms with E-state index in [1.165, 1.54) is 93.6 Å². The maximum atomic E-state index is 2.36. The number of quaternary nitrogens is 1. The van der Waals surface area contributed by atoms with Crippen LogP contribution in [0.5, 0.6) is 0 Å². The van der Waals surface area contributed by atoms with Gasteiger partial charge in [-0.25, -0.2) is 0 Å². The second-order valence-corrected chi connectivity index (χ2v) is 8.44. The fraction of sp³-hybridized carbons (Fsp3) is 0.600. The lowest BCUT2D eigenvalue weighted by molar-refractivity contribution is 0.383. The maximum Gasteiger partial charge on any atom is 0.140 e. The van der Waals surface area contributed by atoms with E-state index in [-0.39, 0.29) is 0 Å². The van der Waals surface area contributed by atoms with E-state index < -0.39 is 0 Å². The highest BCUT2D eigenvalue weighted by atomic mass is 15.3. The summed E-state index contributed by atoms with van der Waals surface area (Å²) in [5.74, 6) is 0. The molecule has 0 aliphatic carbocycles. The van der Waals surface area contributed by atoms with Crippen LogP contribution in [0.3, 0.4) is 0 Å². The van der Waals surface area contributed by atoms with E-state index in [2.05, 4.69) is 63.5 Å². The van der Waals surface area contributed by atoms with Gasteiger partial charge in [-0.1, -0.05) is 95.0 Å². The summed E-state index contributed by atoms with van der Waals surface area (Å²) in [5.41, 5.74) is 1.45. The summed E-state index contributed by atoms with van der Waals surface area (Å²) in [5, 5.41) is 2.76. The molecule has 0 N–H and O–H groups in total. The molecule has 0 aliphatic rings. The molecule has 0 radical (unpaired) electrons. The molecule has 0 heterocycles. The fourth-order valence-corrected chi connectivity index (χ4v) is 4.03. The molecule has 0 amide bonds. The Hall–Kier alpha value is -1.34. The van der Waals surface area contributed by atoms with Crippen molar-refractivity contribution >= 4 is 16.5 Å². The van der Waals surface area contributed by atoms with Crippen LogP contribution in [0, 0.1) is 0 Å². The normalized spacial score (nSPS) is 12.0. The van der Waals surface area contributed by atoms with Crippen molar-refractivity contribution in [1.29, 1.82) is 0 Å². The number of rotatable bonds is 13. The molecule has 0 atom stereocenters. The zero-order valence-electron chi connectivity index (χ0n) is 17.5. The van der Waals surface area contributed by atoms with Crippen LogP contribution in [0.1, 0.15) is 77.6 Å². The molecule has 0 fully saturated rings. The molecular weight excluding hydrogens is 314 g/mol. The third-order valence-electron chi connectivity index (χ3n) is 5.74. The predicted molar refractivity (Wildman–Crippen MR) is 119 cm³/mol. The van der Waals surface area contributed by atoms with Crippen molar-refractivity contribution in [2.75, 3.05) is 20.6 Å². The van der Waals surface area contributed by atoms with Crippen LogP contribution in [0.4, 0.5) is 5.69 Å². The van der Waals surface area contributed by atoms with Crippen molar-refractivity contribution < 1.29 is 0 Å². The van der Waals surface area contributed by atoms with E-state index in [0.717, 1.165) is 4.48 Å². The minimum atomic E-state index is 0.985. The van der Waals surface area contributed by atoms with Crippen LogP contribution in [0.25, 0.3) is 10.8 Å². The Morgan fingerprint density at radius 1 is 0.615 bits per heavy atom. The van der Waals surface area contributed by atoms with Gasteiger partial charge in [-0.2, -0.15) is 0 Å². The van der Waals surface area contributed by atoms with Crippen molar-refractivity contribution in [3.05, 3.63) is 42.5 Å². The molecule has 2 aromatic rings. The minimum absolute atomic E-state index is 0.985. The van der Waals surface area contributed by atoms with Crippen molar-refractivity contribution in [2.24, 2.45) is 0 Å². The largest absolute Gasteiger partial charge is 0.295 e. The molecule has 0 unspecified atom stereocenters. The van der Waals surface area contributed by atoms with E-state index >= 15 is 0 Å². The lowest BCUT2D eigenvalue weighted by Crippen LogP contribution is -2.41. The summed E-state index contributed by atoms with van der Waals surface area (Å²) < 4.78 is 0.985. The highest BCUT2D eigenvalue weighted by molar-refractivity contribution is 5.93. The van der Waals surface area contributed by atoms with Crippen molar-refractivity contribution in [1.82, 2.24) is 4.48 Å². The fourth-order valence-electron chi connectivity index (χ4n) is 4.03. The van der Waals surface area contributed by atoms with Crippen LogP contribution in [-0.2, 0) is 0 Å². The first-order chi connectivity index (χ1) is 12.6. The predicted octanol–water partition coefficient (Wildman–Crippen LogP) is 7.72. The quantitative estimate of drug-likeness (QED) is 0.255. The van der Waals surface area contributed by atoms with E-state index in [0.29, 0.717) is 0 Å². The molecule has 0 aliphatic heterocycles. The van der Waals surface area contributed by atoms with Crippen LogP contribution in [-0.4, -0.2) is 20.6 Å². The Morgan fingerprint density at radius 3 is 1.81 bits per heavy atom. The van der Waals surface area contributed by atoms with Gasteiger partial charge in [-0.05, 0) is 30.4 Å². The van der Waals surface area contributed by atoms with Crippen LogP contribution < -0.4 is 4.48 Å². The summed E-state index contributed by atoms with van der Waals surface area (Å²) in [6, 6.07) is 15.5. The lowest BCUT2D eigenvalue weighted by Gasteiger charge is -2.30. The van der Waals surface area contributed by atoms with Gasteiger partial charge in [0.15, 0.2) is 0 Å². The first-order valence-electron chi connectivity index (χ1n) is 11.0. The van der Waals surface area contributed by atoms with Gasteiger partial charge in [0, 0.05) is 5.39 Å². The Kier molecular flexibility index (Phi) is 9.18. The summed E-state index contributed by atoms with van der Waals surface area (Å²) in [6.07, 6.45) is 15.5. The van der Waals surface area contributed by atoms with Crippen molar-refractivity contribution in [3.63, 3.8) is 0 Å². The molecule has 26 heavy (non-hydrogen) atoms. The summed E-state index contributed by atoms with van der Waals surface area (Å²) >= 11 is 0. The Morgan fingerprint density at radius 2 is 1.15 bits per heavy atom. The number of unbranched alkanes of at least 4 members (excludes halogenated alkanes) is 10. The van der Waals surface area contributed by atoms with Gasteiger partial charge in [0.2, 0.25) is 0 Å². The highest BCUT2D eigenvalue weighted by Crippen LogP contribution is 2.29. The van der Waals surface area contributed by atoms with Gasteiger partial charge in [0.1, 0.15) is 5.69 Å². The summed E-state index contributed by atoms with van der Waals surface area (Å²) in [4.78, 5) is 0. The van der Waals surface area contributed by atoms with Gasteiger partial charge < -0.3 is 0 Å². The van der Waals surface area contributed by atoms with Crippen LogP contribution in [0.2, 0.25) is 0 Å². The first kappa shape index (κ1) is 21.0. The Balaban J connectivity index is 1.65. The molecule has 2 aromatic carbocycles. The second-order valence-electron chi connectivity index (χ2n) is 8.44. The van der Waals surface area contributed by atoms with Crippen molar-refractivity contribution in [3.8, 4) is 0 Å². The summed E-state index contributed by atoms with van der Waals surface area (Å²) in [7, 11) is 4.72. The lowest BCUT2D eigenvalue weighted by atomic mass is 10.0. The molecule has 0 bridgehead atoms. The molecule has 2 rings (SSSR count). The Labute approximate surface area is 162 Å². The van der Waals surface area contributed by atoms with Crippen molar-refractivity contribution in [2.45, 2.75) is 77.6 Å². The van der Waals surface area contributed by atoms with Gasteiger partial charge in [-0.15, -0.1) is 0 Å². The molecule has 0 saturated carbocycles. The van der Waals surface area contributed by atoms with Gasteiger partial charge in [0.25, 0.3) is 0 Å². The standard InChI is InChI=1S/C25H40N/c1-4-5-6-7-8-9-10-11-12-13-16-22-26(2,3)25-21-17-19-23-18-14-15-20-24(23)25/h14-15,17-21H,4-13,16,22H2,1-3H3/q+1. The molecule has 0 spiro atoms. The smallest absolute Gasteiger partial charge is 0.140 e. The van der Waals surface area contributed by atoms with E-state index in [1.54, 1.807) is 0 Å². The molecule has 0 saturated heterocycles. The van der Waals surface area contributed by atoms with Crippen LogP contribution >= 0.6 is 0 Å². The molecule has 1 heteroatoms. The monoisotopic (exact) mass is 354 g/mol. The molecular formula is C25H40N+. The zero-order chi connectivity index (χ0) is 18.7. The topological polar surface area (TPSA) is 0 Å². The Bertz CT molecular complexity index is 624. The molecule has 0 aromatic heterocycles. The zero-order valence-corrected chi connectivity index (χ0v) is 17.5. The molecule has 1 nitrogen and oxygen atoms in total. The van der Waals surface area contributed by atoms with Crippen LogP contribution in [0.15, 0.2) is 42.5 Å². The highest BCUT2D eigenvalue weighted by Gasteiger charge is 2.20. The average Bonchev–Trinajstić information content (AvgIpc) is 2.65. The summed E-state index contributed by atoms with van der Waals surface area (Å²) in [6.45, 7) is 3.52. The number of nitrogens with zero attached hydrogens (tertiary/aromatic N) is 1. The maximum absolute atomic E-state index is 2.36. The minimum Gasteiger partial charge on any atom is -0.295 e. The number of fused-ring (bicyclic) bond motifs is 1. The average molecular weight is 355 g/mol. The first-order valence-corrected chi connectivity index (χ1v) is 11.0. The number of hydrogen-bond donors (Lipinski definition) is 0. The van der Waals surface area contributed by atoms with Gasteiger partial charge in [-0.3, -0.25) is 4.48 Å². The van der Waals surface area contributed by atoms with Gasteiger partial charge in [0.05, 0.1) is 20.6 Å². The van der Waals surface area contributed by atoms with Gasteiger partial charge >= 0.3 is 0 Å². The van der Waals surface area contributed by atoms with E-state index in [1.807, 2.05) is 0 Å². The van der Waals surface area contributed by atoms with E-state index in [4.69, 9.17) is 0 Å². The SMILES string of the molecule is CCCCCCCCCCCCC[N+](C)(C)c1cccc2ccccc12. The second kappa shape index (κ2) is 11.4.